The van der Waals surface area contributed by atoms with Gasteiger partial charge in [-0.05, 0) is 0 Å². The Bertz CT molecular complexity index is 521. The summed E-state index contributed by atoms with van der Waals surface area (Å²) < 4.78 is 0. The molecular weight excluding hydrogens is 176 g/mol. The molecule has 0 aliphatic carbocycles. The molecule has 0 atom stereocenters. The first-order chi connectivity index (χ1) is 6.18. The van der Waals surface area contributed by atoms with Crippen molar-refractivity contribution < 1.29 is 9.72 Å². The smallest absolute Gasteiger partial charge is 0.258 e. The maximum absolute atomic E-state index is 10.7. The van der Waals surface area contributed by atoms with Crippen LogP contribution in [0.5, 0.6) is 0 Å². The van der Waals surface area contributed by atoms with E-state index in [0.29, 0.717) is 0 Å². The highest BCUT2D eigenvalue weighted by Crippen LogP contribution is 1.99. The van der Waals surface area contributed by atoms with Gasteiger partial charge in [-0.3, -0.25) is 15.1 Å². The fraction of sp³-hybridized carbons (Fsp3) is 0. The Balaban J connectivity index is 2.88. The van der Waals surface area contributed by atoms with Gasteiger partial charge in [-0.15, -0.1) is 0 Å². The first-order valence-electron chi connectivity index (χ1n) is 3.28. The second-order valence-electron chi connectivity index (χ2n) is 2.29. The molecular formula is C6H2N4O3. The number of hydrogen-bond acceptors (Lipinski definition) is 4. The SMILES string of the molecule is O=C1N=c2cncc([N+](=O)[O-])c2=N1. The van der Waals surface area contributed by atoms with Crippen LogP contribution in [0.25, 0.3) is 0 Å². The van der Waals surface area contributed by atoms with E-state index in [1.54, 1.807) is 0 Å². The number of fused-ring (bicyclic) bond motifs is 1. The number of urea groups is 1. The molecule has 2 amide bonds. The maximum Gasteiger partial charge on any atom is 0.368 e. The Morgan fingerprint density at radius 1 is 1.31 bits per heavy atom. The fourth-order valence-corrected chi connectivity index (χ4v) is 0.986. The average Bonchev–Trinajstić information content (AvgIpc) is 2.43. The fourth-order valence-electron chi connectivity index (χ4n) is 0.986. The van der Waals surface area contributed by atoms with Crippen LogP contribution in [0.1, 0.15) is 0 Å². The molecule has 0 fully saturated rings. The summed E-state index contributed by atoms with van der Waals surface area (Å²) >= 11 is 0. The van der Waals surface area contributed by atoms with E-state index < -0.39 is 11.0 Å². The largest absolute Gasteiger partial charge is 0.368 e. The Kier molecular flexibility index (Phi) is 1.38. The molecule has 7 heteroatoms. The van der Waals surface area contributed by atoms with Crippen LogP contribution in [0.2, 0.25) is 0 Å². The number of aromatic nitrogens is 1. The molecule has 0 saturated heterocycles. The van der Waals surface area contributed by atoms with Crippen LogP contribution < -0.4 is 10.7 Å². The highest BCUT2D eigenvalue weighted by atomic mass is 16.6. The summed E-state index contributed by atoms with van der Waals surface area (Å²) in [5.74, 6) is 0. The Labute approximate surface area is 70.6 Å². The zero-order chi connectivity index (χ0) is 9.42. The van der Waals surface area contributed by atoms with Gasteiger partial charge in [0.1, 0.15) is 11.6 Å². The molecule has 2 rings (SSSR count). The van der Waals surface area contributed by atoms with Crippen molar-refractivity contribution in [2.24, 2.45) is 9.98 Å². The summed E-state index contributed by atoms with van der Waals surface area (Å²) in [4.78, 5) is 30.8. The van der Waals surface area contributed by atoms with Crippen molar-refractivity contribution in [1.82, 2.24) is 4.98 Å². The van der Waals surface area contributed by atoms with Crippen LogP contribution >= 0.6 is 0 Å². The summed E-state index contributed by atoms with van der Waals surface area (Å²) in [5.41, 5.74) is -0.299. The molecule has 1 aliphatic rings. The van der Waals surface area contributed by atoms with E-state index in [-0.39, 0.29) is 16.4 Å². The second kappa shape index (κ2) is 2.41. The second-order valence-corrected chi connectivity index (χ2v) is 2.29. The van der Waals surface area contributed by atoms with Crippen LogP contribution in [0.4, 0.5) is 10.5 Å². The van der Waals surface area contributed by atoms with Gasteiger partial charge in [0.25, 0.3) is 0 Å². The third-order valence-corrected chi connectivity index (χ3v) is 1.50. The van der Waals surface area contributed by atoms with Crippen LogP contribution in [0.3, 0.4) is 0 Å². The van der Waals surface area contributed by atoms with Gasteiger partial charge in [-0.25, -0.2) is 4.79 Å². The predicted octanol–water partition coefficient (Wildman–Crippen LogP) is -0.637. The summed E-state index contributed by atoms with van der Waals surface area (Å²) in [6.07, 6.45) is 2.30. The molecule has 1 aliphatic heterocycles. The molecule has 0 unspecified atom stereocenters. The van der Waals surface area contributed by atoms with Gasteiger partial charge in [0, 0.05) is 0 Å². The average molecular weight is 178 g/mol. The number of nitrogens with zero attached hydrogens (tertiary/aromatic N) is 4. The van der Waals surface area contributed by atoms with E-state index in [1.807, 2.05) is 0 Å². The minimum Gasteiger partial charge on any atom is -0.258 e. The zero-order valence-electron chi connectivity index (χ0n) is 6.17. The molecule has 0 bridgehead atoms. The molecule has 0 saturated carbocycles. The summed E-state index contributed by atoms with van der Waals surface area (Å²) in [7, 11) is 0. The van der Waals surface area contributed by atoms with E-state index in [1.165, 1.54) is 6.20 Å². The van der Waals surface area contributed by atoms with E-state index in [2.05, 4.69) is 15.0 Å². The molecule has 2 heterocycles. The number of amides is 2. The summed E-state index contributed by atoms with van der Waals surface area (Å²) in [6, 6.07) is -0.730. The number of nitro groups is 1. The lowest BCUT2D eigenvalue weighted by atomic mass is 10.4. The Morgan fingerprint density at radius 2 is 2.08 bits per heavy atom. The summed E-state index contributed by atoms with van der Waals surface area (Å²) in [6.45, 7) is 0. The summed E-state index contributed by atoms with van der Waals surface area (Å²) in [5, 5.41) is 10.6. The topological polar surface area (TPSA) is 97.8 Å². The molecule has 0 spiro atoms. The van der Waals surface area contributed by atoms with Crippen molar-refractivity contribution in [2.75, 3.05) is 0 Å². The minimum absolute atomic E-state index is 0.00926. The van der Waals surface area contributed by atoms with Crippen molar-refractivity contribution >= 4 is 11.7 Å². The lowest BCUT2D eigenvalue weighted by Crippen LogP contribution is -2.25. The highest BCUT2D eigenvalue weighted by Gasteiger charge is 2.16. The Morgan fingerprint density at radius 3 is 2.77 bits per heavy atom. The molecule has 0 radical (unpaired) electrons. The normalized spacial score (nSPS) is 13.1. The third-order valence-electron chi connectivity index (χ3n) is 1.50. The zero-order valence-corrected chi connectivity index (χ0v) is 6.17. The maximum atomic E-state index is 10.7. The van der Waals surface area contributed by atoms with E-state index >= 15 is 0 Å². The lowest BCUT2D eigenvalue weighted by molar-refractivity contribution is -0.386. The molecule has 0 N–H and O–H groups in total. The molecule has 1 aromatic rings. The molecule has 1 aromatic heterocycles. The third kappa shape index (κ3) is 1.06. The number of carbonyl (C=O) groups is 1. The lowest BCUT2D eigenvalue weighted by Gasteiger charge is -1.86. The highest BCUT2D eigenvalue weighted by molar-refractivity contribution is 5.77. The van der Waals surface area contributed by atoms with Crippen molar-refractivity contribution in [3.05, 3.63) is 33.2 Å². The van der Waals surface area contributed by atoms with Crippen LogP contribution in [-0.4, -0.2) is 15.9 Å². The quantitative estimate of drug-likeness (QED) is 0.422. The first-order valence-corrected chi connectivity index (χ1v) is 3.28. The van der Waals surface area contributed by atoms with Gasteiger partial charge >= 0.3 is 11.7 Å². The molecule has 13 heavy (non-hydrogen) atoms. The number of pyridine rings is 1. The number of rotatable bonds is 1. The number of carbonyl (C=O) groups excluding carboxylic acids is 1. The standard InChI is InChI=1S/C6H2N4O3/c11-6-8-3-1-7-2-4(10(12)13)5(3)9-6/h1-2H. The van der Waals surface area contributed by atoms with Crippen LogP contribution in [0, 0.1) is 10.1 Å². The van der Waals surface area contributed by atoms with Gasteiger partial charge in [0.2, 0.25) is 0 Å². The van der Waals surface area contributed by atoms with Crippen molar-refractivity contribution in [3.63, 3.8) is 0 Å². The van der Waals surface area contributed by atoms with Crippen LogP contribution in [-0.2, 0) is 0 Å². The molecule has 0 aromatic carbocycles. The van der Waals surface area contributed by atoms with Gasteiger partial charge in [-0.1, -0.05) is 0 Å². The van der Waals surface area contributed by atoms with E-state index in [9.17, 15) is 14.9 Å². The van der Waals surface area contributed by atoms with Crippen molar-refractivity contribution in [2.45, 2.75) is 0 Å². The van der Waals surface area contributed by atoms with E-state index in [0.717, 1.165) is 6.20 Å². The Hall–Kier alpha value is -2.18. The molecule has 64 valence electrons. The molecule has 7 nitrogen and oxygen atoms in total. The monoisotopic (exact) mass is 178 g/mol. The van der Waals surface area contributed by atoms with Crippen molar-refractivity contribution in [1.29, 1.82) is 0 Å². The number of hydrogen-bond donors (Lipinski definition) is 0. The van der Waals surface area contributed by atoms with E-state index in [4.69, 9.17) is 0 Å². The van der Waals surface area contributed by atoms with Crippen molar-refractivity contribution in [3.8, 4) is 0 Å². The van der Waals surface area contributed by atoms with Crippen LogP contribution in [0.15, 0.2) is 22.4 Å². The van der Waals surface area contributed by atoms with Gasteiger partial charge in [0.05, 0.1) is 11.1 Å². The van der Waals surface area contributed by atoms with Gasteiger partial charge in [-0.2, -0.15) is 9.98 Å². The predicted molar refractivity (Wildman–Crippen MR) is 38.6 cm³/mol. The minimum atomic E-state index is -0.730. The van der Waals surface area contributed by atoms with Gasteiger partial charge < -0.3 is 0 Å². The first kappa shape index (κ1) is 7.47. The van der Waals surface area contributed by atoms with Gasteiger partial charge in [0.15, 0.2) is 5.36 Å².